The van der Waals surface area contributed by atoms with Crippen molar-refractivity contribution in [1.29, 1.82) is 5.26 Å². The molecule has 2 heterocycles. The molecule has 144 valence electrons. The molecular weight excluding hydrogens is 345 g/mol. The van der Waals surface area contributed by atoms with E-state index in [1.165, 1.54) is 6.07 Å². The van der Waals surface area contributed by atoms with Crippen LogP contribution in [0.4, 0.5) is 10.1 Å². The van der Waals surface area contributed by atoms with E-state index in [0.717, 1.165) is 51.1 Å². The predicted molar refractivity (Wildman–Crippen MR) is 101 cm³/mol. The van der Waals surface area contributed by atoms with Gasteiger partial charge in [0.15, 0.2) is 0 Å². The number of amides is 1. The van der Waals surface area contributed by atoms with Crippen molar-refractivity contribution >= 4 is 11.6 Å². The van der Waals surface area contributed by atoms with E-state index in [1.54, 1.807) is 6.07 Å². The molecule has 1 aliphatic carbocycles. The van der Waals surface area contributed by atoms with Gasteiger partial charge in [0.1, 0.15) is 11.9 Å². The van der Waals surface area contributed by atoms with Gasteiger partial charge in [0.05, 0.1) is 12.1 Å². The van der Waals surface area contributed by atoms with Crippen molar-refractivity contribution in [2.45, 2.75) is 43.8 Å². The van der Waals surface area contributed by atoms with E-state index < -0.39 is 6.04 Å². The lowest BCUT2D eigenvalue weighted by molar-refractivity contribution is -0.124. The van der Waals surface area contributed by atoms with Crippen LogP contribution in [0.1, 0.15) is 24.8 Å². The minimum atomic E-state index is -0.724. The predicted octanol–water partition coefficient (Wildman–Crippen LogP) is 0.927. The lowest BCUT2D eigenvalue weighted by Gasteiger charge is -2.29. The topological polar surface area (TPSA) is 80.2 Å². The van der Waals surface area contributed by atoms with Crippen LogP contribution in [-0.4, -0.2) is 50.2 Å². The number of benzene rings is 1. The average Bonchev–Trinajstić information content (AvgIpc) is 3.33. The molecule has 4 atom stereocenters. The van der Waals surface area contributed by atoms with Crippen molar-refractivity contribution in [3.63, 3.8) is 0 Å². The van der Waals surface area contributed by atoms with Gasteiger partial charge >= 0.3 is 0 Å². The fraction of sp³-hybridized carbons (Fsp3) is 0.600. The molecule has 3 aliphatic rings. The fourth-order valence-corrected chi connectivity index (χ4v) is 4.58. The minimum absolute atomic E-state index is 0.133. The Labute approximate surface area is 159 Å². The second kappa shape index (κ2) is 7.83. The number of piperazine rings is 1. The summed E-state index contributed by atoms with van der Waals surface area (Å²) in [6.45, 7) is 3.49. The molecule has 2 aliphatic heterocycles. The molecule has 1 amide bonds. The maximum atomic E-state index is 14.6. The summed E-state index contributed by atoms with van der Waals surface area (Å²) in [6.07, 6.45) is 3.41. The molecule has 27 heavy (non-hydrogen) atoms. The maximum absolute atomic E-state index is 14.6. The minimum Gasteiger partial charge on any atom is -0.369 e. The molecule has 2 unspecified atom stereocenters. The van der Waals surface area contributed by atoms with Crippen LogP contribution in [0.3, 0.4) is 0 Å². The molecule has 3 fully saturated rings. The summed E-state index contributed by atoms with van der Waals surface area (Å²) in [5.41, 5.74) is 1.32. The van der Waals surface area contributed by atoms with Gasteiger partial charge in [-0.05, 0) is 42.9 Å². The van der Waals surface area contributed by atoms with Gasteiger partial charge in [0.25, 0.3) is 0 Å². The van der Waals surface area contributed by atoms with Gasteiger partial charge in [0, 0.05) is 44.3 Å². The highest BCUT2D eigenvalue weighted by Crippen LogP contribution is 2.35. The smallest absolute Gasteiger partial charge is 0.238 e. The Morgan fingerprint density at radius 3 is 2.81 bits per heavy atom. The zero-order valence-electron chi connectivity index (χ0n) is 15.4. The van der Waals surface area contributed by atoms with Gasteiger partial charge in [0.2, 0.25) is 5.91 Å². The second-order valence-corrected chi connectivity index (χ2v) is 7.82. The number of nitriles is 1. The first kappa shape index (κ1) is 18.2. The van der Waals surface area contributed by atoms with Crippen molar-refractivity contribution in [2.75, 3.05) is 31.1 Å². The van der Waals surface area contributed by atoms with Crippen molar-refractivity contribution in [2.24, 2.45) is 5.92 Å². The zero-order chi connectivity index (χ0) is 18.8. The van der Waals surface area contributed by atoms with Crippen LogP contribution in [0.2, 0.25) is 0 Å². The Kier molecular flexibility index (Phi) is 5.28. The first-order valence-corrected chi connectivity index (χ1v) is 9.84. The lowest BCUT2D eigenvalue weighted by Crippen LogP contribution is -2.50. The van der Waals surface area contributed by atoms with E-state index >= 15 is 0 Å². The third kappa shape index (κ3) is 3.92. The Balaban J connectivity index is 1.38. The number of halogens is 1. The van der Waals surface area contributed by atoms with Crippen molar-refractivity contribution in [1.82, 2.24) is 16.0 Å². The van der Waals surface area contributed by atoms with Crippen molar-refractivity contribution in [3.05, 3.63) is 29.6 Å². The summed E-state index contributed by atoms with van der Waals surface area (Å²) in [5, 5.41) is 18.8. The molecule has 6 nitrogen and oxygen atoms in total. The largest absolute Gasteiger partial charge is 0.369 e. The van der Waals surface area contributed by atoms with Crippen LogP contribution in [0.5, 0.6) is 0 Å². The van der Waals surface area contributed by atoms with E-state index in [4.69, 9.17) is 0 Å². The van der Waals surface area contributed by atoms with Gasteiger partial charge in [-0.1, -0.05) is 6.07 Å². The van der Waals surface area contributed by atoms with E-state index in [0.29, 0.717) is 17.5 Å². The number of hydrogen-bond acceptors (Lipinski definition) is 5. The highest BCUT2D eigenvalue weighted by Gasteiger charge is 2.43. The van der Waals surface area contributed by atoms with Crippen LogP contribution in [0.15, 0.2) is 18.2 Å². The Hall–Kier alpha value is -2.17. The summed E-state index contributed by atoms with van der Waals surface area (Å²) in [7, 11) is 0. The average molecular weight is 371 g/mol. The van der Waals surface area contributed by atoms with Gasteiger partial charge in [-0.3, -0.25) is 4.79 Å². The van der Waals surface area contributed by atoms with Crippen molar-refractivity contribution in [3.8, 4) is 6.07 Å². The molecule has 2 saturated heterocycles. The van der Waals surface area contributed by atoms with Gasteiger partial charge < -0.3 is 20.9 Å². The first-order valence-electron chi connectivity index (χ1n) is 9.84. The Morgan fingerprint density at radius 2 is 2.19 bits per heavy atom. The zero-order valence-corrected chi connectivity index (χ0v) is 15.4. The number of rotatable bonds is 5. The summed E-state index contributed by atoms with van der Waals surface area (Å²) in [6, 6.07) is 6.78. The second-order valence-electron chi connectivity index (χ2n) is 7.82. The van der Waals surface area contributed by atoms with Crippen LogP contribution in [0.25, 0.3) is 0 Å². The van der Waals surface area contributed by atoms with Gasteiger partial charge in [-0.25, -0.2) is 4.39 Å². The van der Waals surface area contributed by atoms with E-state index in [1.807, 2.05) is 6.07 Å². The van der Waals surface area contributed by atoms with E-state index in [9.17, 15) is 14.4 Å². The summed E-state index contributed by atoms with van der Waals surface area (Å²) in [5.74, 6) is -0.0884. The van der Waals surface area contributed by atoms with E-state index in [2.05, 4.69) is 26.9 Å². The molecule has 4 rings (SSSR count). The monoisotopic (exact) mass is 371 g/mol. The number of hydrogen-bond donors (Lipinski definition) is 3. The number of carbonyl (C=O) groups excluding carboxylic acids is 1. The standard InChI is InChI=1S/C20H26FN5O/c21-18-11-17(26-7-5-23-6-8-26)4-2-13(18)9-16(12-22)25-20(27)19-14-1-3-15(10-14)24-19/h2,4,11,14-16,19,23-24H,1,3,5-10H2,(H,25,27)/t14?,15?,16-,19-/m0/s1. The Morgan fingerprint density at radius 1 is 1.37 bits per heavy atom. The van der Waals surface area contributed by atoms with Crippen LogP contribution < -0.4 is 20.9 Å². The molecule has 0 aromatic heterocycles. The third-order valence-corrected chi connectivity index (χ3v) is 6.06. The molecular formula is C20H26FN5O. The maximum Gasteiger partial charge on any atom is 0.238 e. The lowest BCUT2D eigenvalue weighted by atomic mass is 9.98. The molecule has 3 N–H and O–H groups in total. The normalized spacial score (nSPS) is 28.0. The molecule has 1 aromatic rings. The molecule has 2 bridgehead atoms. The quantitative estimate of drug-likeness (QED) is 0.718. The highest BCUT2D eigenvalue weighted by atomic mass is 19.1. The number of piperidine rings is 1. The summed E-state index contributed by atoms with van der Waals surface area (Å²) < 4.78 is 14.6. The van der Waals surface area contributed by atoms with Gasteiger partial charge in [-0.2, -0.15) is 5.26 Å². The summed E-state index contributed by atoms with van der Waals surface area (Å²) in [4.78, 5) is 14.7. The number of anilines is 1. The Bertz CT molecular complexity index is 742. The first-order chi connectivity index (χ1) is 13.1. The number of nitrogens with one attached hydrogen (secondary N) is 3. The molecule has 0 radical (unpaired) electrons. The van der Waals surface area contributed by atoms with Crippen LogP contribution in [-0.2, 0) is 11.2 Å². The van der Waals surface area contributed by atoms with Crippen LogP contribution >= 0.6 is 0 Å². The molecule has 1 aromatic carbocycles. The highest BCUT2D eigenvalue weighted by molar-refractivity contribution is 5.83. The molecule has 1 saturated carbocycles. The fourth-order valence-electron chi connectivity index (χ4n) is 4.58. The third-order valence-electron chi connectivity index (χ3n) is 6.06. The van der Waals surface area contributed by atoms with Crippen LogP contribution in [0, 0.1) is 23.1 Å². The molecule has 0 spiro atoms. The van der Waals surface area contributed by atoms with Crippen molar-refractivity contribution < 1.29 is 9.18 Å². The number of nitrogens with zero attached hydrogens (tertiary/aromatic N) is 2. The summed E-state index contributed by atoms with van der Waals surface area (Å²) >= 11 is 0. The number of fused-ring (bicyclic) bond motifs is 2. The van der Waals surface area contributed by atoms with E-state index in [-0.39, 0.29) is 24.2 Å². The number of carbonyl (C=O) groups is 1. The molecule has 7 heteroatoms. The van der Waals surface area contributed by atoms with Gasteiger partial charge in [-0.15, -0.1) is 0 Å². The SMILES string of the molecule is N#C[C@H](Cc1ccc(N2CCNCC2)cc1F)NC(=O)[C@H]1NC2CCC1C2.